The van der Waals surface area contributed by atoms with Gasteiger partial charge in [-0.25, -0.2) is 0 Å². The van der Waals surface area contributed by atoms with Crippen LogP contribution in [0.15, 0.2) is 24.3 Å². The summed E-state index contributed by atoms with van der Waals surface area (Å²) in [5.41, 5.74) is 2.80. The highest BCUT2D eigenvalue weighted by Gasteiger charge is 2.14. The summed E-state index contributed by atoms with van der Waals surface area (Å²) in [6, 6.07) is 9.45. The highest BCUT2D eigenvalue weighted by Crippen LogP contribution is 2.27. The molecule has 1 aliphatic rings. The number of anilines is 1. The van der Waals surface area contributed by atoms with Gasteiger partial charge < -0.3 is 5.32 Å². The van der Waals surface area contributed by atoms with E-state index in [1.54, 1.807) is 0 Å². The molecule has 0 amide bonds. The minimum absolute atomic E-state index is 0.604. The van der Waals surface area contributed by atoms with Crippen LogP contribution in [0.25, 0.3) is 0 Å². The summed E-state index contributed by atoms with van der Waals surface area (Å²) in [7, 11) is 0. The fourth-order valence-electron chi connectivity index (χ4n) is 2.60. The minimum Gasteiger partial charge on any atom is -0.382 e. The van der Waals surface area contributed by atoms with Crippen LogP contribution in [0.5, 0.6) is 0 Å². The largest absolute Gasteiger partial charge is 0.382 e. The zero-order valence-electron chi connectivity index (χ0n) is 10.5. The topological polar surface area (TPSA) is 12.0 Å². The van der Waals surface area contributed by atoms with Crippen LogP contribution in [0.3, 0.4) is 0 Å². The van der Waals surface area contributed by atoms with Crippen LogP contribution >= 0.6 is 0 Å². The summed E-state index contributed by atoms with van der Waals surface area (Å²) in [4.78, 5) is 0. The molecule has 0 aromatic heterocycles. The third-order valence-corrected chi connectivity index (χ3v) is 3.55. The van der Waals surface area contributed by atoms with E-state index >= 15 is 0 Å². The van der Waals surface area contributed by atoms with Crippen molar-refractivity contribution in [2.45, 2.75) is 57.9 Å². The van der Waals surface area contributed by atoms with Gasteiger partial charge in [-0.05, 0) is 30.4 Å². The molecule has 1 aromatic carbocycles. The second-order valence-electron chi connectivity index (χ2n) is 5.22. The Morgan fingerprint density at radius 2 is 1.75 bits per heavy atom. The van der Waals surface area contributed by atoms with Crippen molar-refractivity contribution >= 4 is 5.69 Å². The number of hydrogen-bond acceptors (Lipinski definition) is 1. The first-order valence-electron chi connectivity index (χ1n) is 6.63. The van der Waals surface area contributed by atoms with E-state index in [4.69, 9.17) is 0 Å². The lowest BCUT2D eigenvalue weighted by Gasteiger charge is -2.25. The van der Waals surface area contributed by atoms with Crippen molar-refractivity contribution in [3.63, 3.8) is 0 Å². The van der Waals surface area contributed by atoms with Crippen LogP contribution in [-0.2, 0) is 0 Å². The molecule has 1 aromatic rings. The Morgan fingerprint density at radius 3 is 2.44 bits per heavy atom. The van der Waals surface area contributed by atoms with Gasteiger partial charge in [-0.2, -0.15) is 0 Å². The maximum absolute atomic E-state index is 3.73. The molecule has 0 unspecified atom stereocenters. The molecule has 16 heavy (non-hydrogen) atoms. The van der Waals surface area contributed by atoms with Gasteiger partial charge in [0.05, 0.1) is 0 Å². The second-order valence-corrected chi connectivity index (χ2v) is 5.22. The van der Waals surface area contributed by atoms with Crippen molar-refractivity contribution in [2.75, 3.05) is 5.32 Å². The molecular formula is C15H23N. The molecule has 1 N–H and O–H groups in total. The van der Waals surface area contributed by atoms with Crippen molar-refractivity contribution in [3.05, 3.63) is 29.8 Å². The van der Waals surface area contributed by atoms with Crippen molar-refractivity contribution in [1.82, 2.24) is 0 Å². The second kappa shape index (κ2) is 5.38. The molecule has 0 bridgehead atoms. The van der Waals surface area contributed by atoms with E-state index in [1.807, 2.05) is 0 Å². The smallest absolute Gasteiger partial charge is 0.0377 e. The van der Waals surface area contributed by atoms with Crippen molar-refractivity contribution in [1.29, 1.82) is 0 Å². The third-order valence-electron chi connectivity index (χ3n) is 3.55. The lowest BCUT2D eigenvalue weighted by Crippen LogP contribution is -2.22. The van der Waals surface area contributed by atoms with E-state index in [0.717, 1.165) is 0 Å². The van der Waals surface area contributed by atoms with Gasteiger partial charge in [0, 0.05) is 11.7 Å². The molecule has 1 nitrogen and oxygen atoms in total. The maximum Gasteiger partial charge on any atom is 0.0377 e. The highest BCUT2D eigenvalue weighted by atomic mass is 14.9. The Kier molecular flexibility index (Phi) is 3.87. The van der Waals surface area contributed by atoms with Gasteiger partial charge >= 0.3 is 0 Å². The van der Waals surface area contributed by atoms with Crippen LogP contribution in [0.1, 0.15) is 57.4 Å². The molecular weight excluding hydrogens is 194 g/mol. The van der Waals surface area contributed by atoms with Crippen LogP contribution in [0.4, 0.5) is 5.69 Å². The Hall–Kier alpha value is -0.980. The number of para-hydroxylation sites is 1. The lowest BCUT2D eigenvalue weighted by molar-refractivity contribution is 0.462. The highest BCUT2D eigenvalue weighted by molar-refractivity contribution is 5.53. The van der Waals surface area contributed by atoms with Gasteiger partial charge in [0.1, 0.15) is 0 Å². The first-order valence-corrected chi connectivity index (χ1v) is 6.63. The molecule has 2 rings (SSSR count). The van der Waals surface area contributed by atoms with E-state index < -0.39 is 0 Å². The number of nitrogens with one attached hydrogen (secondary N) is 1. The molecule has 88 valence electrons. The first-order chi connectivity index (χ1) is 7.77. The molecule has 0 atom stereocenters. The fraction of sp³-hybridized carbons (Fsp3) is 0.600. The summed E-state index contributed by atoms with van der Waals surface area (Å²) in [5, 5.41) is 3.73. The van der Waals surface area contributed by atoms with Gasteiger partial charge in [-0.3, -0.25) is 0 Å². The summed E-state index contributed by atoms with van der Waals surface area (Å²) in [5.74, 6) is 0.604. The van der Waals surface area contributed by atoms with Gasteiger partial charge in [0.25, 0.3) is 0 Å². The van der Waals surface area contributed by atoms with Gasteiger partial charge in [0.15, 0.2) is 0 Å². The molecule has 0 saturated heterocycles. The molecule has 0 spiro atoms. The van der Waals surface area contributed by atoms with Crippen molar-refractivity contribution in [2.24, 2.45) is 0 Å². The first kappa shape index (κ1) is 11.5. The average molecular weight is 217 g/mol. The molecule has 0 heterocycles. The predicted molar refractivity (Wildman–Crippen MR) is 71.0 cm³/mol. The number of hydrogen-bond donors (Lipinski definition) is 1. The third kappa shape index (κ3) is 2.78. The summed E-state index contributed by atoms with van der Waals surface area (Å²) < 4.78 is 0. The van der Waals surface area contributed by atoms with Crippen LogP contribution in [-0.4, -0.2) is 6.04 Å². The Balaban J connectivity index is 2.07. The molecule has 0 aliphatic heterocycles. The van der Waals surface area contributed by atoms with E-state index in [-0.39, 0.29) is 0 Å². The van der Waals surface area contributed by atoms with Crippen molar-refractivity contribution < 1.29 is 0 Å². The Labute approximate surface area is 99.3 Å². The van der Waals surface area contributed by atoms with E-state index in [1.165, 1.54) is 43.4 Å². The minimum atomic E-state index is 0.604. The SMILES string of the molecule is CC(C)c1ccccc1NC1CCCCC1. The molecule has 1 saturated carbocycles. The van der Waals surface area contributed by atoms with E-state index in [0.29, 0.717) is 12.0 Å². The summed E-state index contributed by atoms with van der Waals surface area (Å²) >= 11 is 0. The van der Waals surface area contributed by atoms with Crippen molar-refractivity contribution in [3.8, 4) is 0 Å². The van der Waals surface area contributed by atoms with Crippen LogP contribution in [0.2, 0.25) is 0 Å². The quantitative estimate of drug-likeness (QED) is 0.783. The fourth-order valence-corrected chi connectivity index (χ4v) is 2.60. The van der Waals surface area contributed by atoms with Gasteiger partial charge in [-0.15, -0.1) is 0 Å². The number of benzene rings is 1. The monoisotopic (exact) mass is 217 g/mol. The number of rotatable bonds is 3. The molecule has 1 heteroatoms. The molecule has 1 fully saturated rings. The average Bonchev–Trinajstić information content (AvgIpc) is 2.31. The van der Waals surface area contributed by atoms with E-state index in [9.17, 15) is 0 Å². The normalized spacial score (nSPS) is 17.7. The Bertz CT molecular complexity index is 324. The zero-order chi connectivity index (χ0) is 11.4. The standard InChI is InChI=1S/C15H23N/c1-12(2)14-10-6-7-11-15(14)16-13-8-4-3-5-9-13/h6-7,10-13,16H,3-5,8-9H2,1-2H3. The van der Waals surface area contributed by atoms with Gasteiger partial charge in [-0.1, -0.05) is 51.3 Å². The molecule has 0 radical (unpaired) electrons. The summed E-state index contributed by atoms with van der Waals surface area (Å²) in [6.07, 6.45) is 6.88. The Morgan fingerprint density at radius 1 is 1.06 bits per heavy atom. The van der Waals surface area contributed by atoms with Crippen LogP contribution < -0.4 is 5.32 Å². The predicted octanol–water partition coefficient (Wildman–Crippen LogP) is 4.55. The zero-order valence-corrected chi connectivity index (χ0v) is 10.5. The van der Waals surface area contributed by atoms with Crippen LogP contribution in [0, 0.1) is 0 Å². The molecule has 1 aliphatic carbocycles. The van der Waals surface area contributed by atoms with E-state index in [2.05, 4.69) is 43.4 Å². The lowest BCUT2D eigenvalue weighted by atomic mass is 9.94. The summed E-state index contributed by atoms with van der Waals surface area (Å²) in [6.45, 7) is 4.53. The van der Waals surface area contributed by atoms with Gasteiger partial charge in [0.2, 0.25) is 0 Å². The maximum atomic E-state index is 3.73.